The molecule has 43 heavy (non-hydrogen) atoms. The van der Waals surface area contributed by atoms with Gasteiger partial charge in [0, 0.05) is 36.8 Å². The van der Waals surface area contributed by atoms with Gasteiger partial charge in [0.1, 0.15) is 23.4 Å². The average Bonchev–Trinajstić information content (AvgIpc) is 3.46. The largest absolute Gasteiger partial charge is 0.480 e. The van der Waals surface area contributed by atoms with Gasteiger partial charge in [-0.15, -0.1) is 0 Å². The fraction of sp³-hybridized carbons (Fsp3) is 0.500. The number of methoxy groups -OCH3 is 1. The van der Waals surface area contributed by atoms with Gasteiger partial charge >= 0.3 is 12.0 Å². The number of aromatic amines is 1. The van der Waals surface area contributed by atoms with Crippen LogP contribution in [0.3, 0.4) is 0 Å². The standard InChI is InChI=1S/C30H33N7O6/c1-18-30(16-41-17-30)42-11-10-36(18)23-12-20(8-7-19-5-6-19)14-32-26(23)43-21-13-24(27(38)39)37(15-21)28-33-25(22-4-3-9-31-22)34-29(35-28)40-2/h3-4,9,12,14,18-19,21,24,31H,5-6,10-11,13,15-17H2,1-2H3,(H,38,39)/t18-,21-,24-/m0/s1. The Morgan fingerprint density at radius 1 is 1.23 bits per heavy atom. The summed E-state index contributed by atoms with van der Waals surface area (Å²) in [4.78, 5) is 37.4. The smallest absolute Gasteiger partial charge is 0.326 e. The highest BCUT2D eigenvalue weighted by Gasteiger charge is 2.50. The van der Waals surface area contributed by atoms with Crippen molar-refractivity contribution in [2.45, 2.75) is 50.0 Å². The second-order valence-electron chi connectivity index (χ2n) is 11.4. The third-order valence-electron chi connectivity index (χ3n) is 8.49. The Balaban J connectivity index is 1.19. The second-order valence-corrected chi connectivity index (χ2v) is 11.4. The Labute approximate surface area is 248 Å². The zero-order chi connectivity index (χ0) is 29.6. The van der Waals surface area contributed by atoms with Crippen molar-refractivity contribution in [1.29, 1.82) is 0 Å². The maximum absolute atomic E-state index is 12.4. The number of aliphatic carboxylic acids is 1. The molecule has 1 spiro atoms. The predicted molar refractivity (Wildman–Crippen MR) is 154 cm³/mol. The highest BCUT2D eigenvalue weighted by atomic mass is 16.6. The van der Waals surface area contributed by atoms with Crippen LogP contribution in [0, 0.1) is 17.8 Å². The van der Waals surface area contributed by atoms with Crippen LogP contribution in [0.15, 0.2) is 30.6 Å². The molecule has 6 heterocycles. The molecule has 0 unspecified atom stereocenters. The van der Waals surface area contributed by atoms with Gasteiger partial charge in [-0.2, -0.15) is 15.0 Å². The summed E-state index contributed by atoms with van der Waals surface area (Å²) in [5.41, 5.74) is 1.91. The van der Waals surface area contributed by atoms with Crippen molar-refractivity contribution in [1.82, 2.24) is 24.9 Å². The van der Waals surface area contributed by atoms with Gasteiger partial charge in [0.15, 0.2) is 5.82 Å². The molecular formula is C30H33N7O6. The first-order chi connectivity index (χ1) is 20.9. The topological polar surface area (TPSA) is 148 Å². The number of ether oxygens (including phenoxy) is 4. The van der Waals surface area contributed by atoms with E-state index in [-0.39, 0.29) is 36.6 Å². The number of H-pyrrole nitrogens is 1. The fourth-order valence-electron chi connectivity index (χ4n) is 5.77. The molecule has 3 aliphatic heterocycles. The van der Waals surface area contributed by atoms with Gasteiger partial charge in [-0.1, -0.05) is 11.8 Å². The van der Waals surface area contributed by atoms with Gasteiger partial charge in [-0.05, 0) is 38.0 Å². The molecule has 2 N–H and O–H groups in total. The molecule has 13 heteroatoms. The lowest BCUT2D eigenvalue weighted by molar-refractivity contribution is -0.228. The SMILES string of the molecule is COc1nc(-c2ccc[nH]2)nc(N2C[C@@H](Oc3ncc(C#CC4CC4)cc3N3CCOC4(COC4)[C@@H]3C)C[C@H]2C(=O)O)n1. The first-order valence-electron chi connectivity index (χ1n) is 14.5. The number of nitrogens with zero attached hydrogens (tertiary/aromatic N) is 6. The summed E-state index contributed by atoms with van der Waals surface area (Å²) in [5, 5.41) is 10.2. The normalized spacial score (nSPS) is 24.3. The van der Waals surface area contributed by atoms with Crippen LogP contribution >= 0.6 is 0 Å². The number of morpholine rings is 1. The summed E-state index contributed by atoms with van der Waals surface area (Å²) in [6, 6.07) is 4.85. The lowest BCUT2D eigenvalue weighted by Crippen LogP contribution is -2.68. The number of pyridine rings is 1. The Bertz CT molecular complexity index is 1560. The number of carboxylic acid groups (broad SMARTS) is 1. The number of nitrogens with one attached hydrogen (secondary N) is 1. The molecule has 224 valence electrons. The van der Waals surface area contributed by atoms with E-state index in [4.69, 9.17) is 23.9 Å². The van der Waals surface area contributed by atoms with Crippen molar-refractivity contribution in [3.8, 4) is 35.2 Å². The third-order valence-corrected chi connectivity index (χ3v) is 8.49. The van der Waals surface area contributed by atoms with Crippen molar-refractivity contribution < 1.29 is 28.8 Å². The van der Waals surface area contributed by atoms with Crippen LogP contribution in [0.25, 0.3) is 11.5 Å². The molecule has 13 nitrogen and oxygen atoms in total. The summed E-state index contributed by atoms with van der Waals surface area (Å²) in [6.45, 7) is 4.63. The van der Waals surface area contributed by atoms with Gasteiger partial charge in [0.25, 0.3) is 0 Å². The van der Waals surface area contributed by atoms with Gasteiger partial charge < -0.3 is 38.8 Å². The van der Waals surface area contributed by atoms with Crippen LogP contribution in [0.5, 0.6) is 11.9 Å². The number of hydrogen-bond acceptors (Lipinski definition) is 11. The molecule has 3 saturated heterocycles. The number of rotatable bonds is 7. The van der Waals surface area contributed by atoms with Crippen LogP contribution in [0.1, 0.15) is 31.7 Å². The van der Waals surface area contributed by atoms with Crippen LogP contribution in [-0.2, 0) is 14.3 Å². The van der Waals surface area contributed by atoms with Gasteiger partial charge in [-0.3, -0.25) is 0 Å². The van der Waals surface area contributed by atoms with Crippen LogP contribution < -0.4 is 19.3 Å². The molecule has 1 saturated carbocycles. The molecule has 3 aromatic heterocycles. The molecule has 0 bridgehead atoms. The Kier molecular flexibility index (Phi) is 7.03. The number of hydrogen-bond donors (Lipinski definition) is 2. The zero-order valence-corrected chi connectivity index (χ0v) is 24.0. The molecule has 0 aromatic carbocycles. The second kappa shape index (κ2) is 11.0. The predicted octanol–water partition coefficient (Wildman–Crippen LogP) is 2.14. The van der Waals surface area contributed by atoms with E-state index in [1.807, 2.05) is 18.2 Å². The van der Waals surface area contributed by atoms with Crippen molar-refractivity contribution in [2.24, 2.45) is 5.92 Å². The third kappa shape index (κ3) is 5.32. The van der Waals surface area contributed by atoms with Crippen molar-refractivity contribution >= 4 is 17.6 Å². The number of carbonyl (C=O) groups is 1. The monoisotopic (exact) mass is 587 g/mol. The summed E-state index contributed by atoms with van der Waals surface area (Å²) < 4.78 is 23.5. The molecule has 4 fully saturated rings. The highest BCUT2D eigenvalue weighted by Crippen LogP contribution is 2.39. The Hall–Kier alpha value is -4.41. The minimum atomic E-state index is -1.00. The highest BCUT2D eigenvalue weighted by molar-refractivity contribution is 5.78. The minimum Gasteiger partial charge on any atom is -0.480 e. The maximum Gasteiger partial charge on any atom is 0.326 e. The van der Waals surface area contributed by atoms with Crippen LogP contribution in [0.4, 0.5) is 11.6 Å². The van der Waals surface area contributed by atoms with E-state index >= 15 is 0 Å². The lowest BCUT2D eigenvalue weighted by atomic mass is 9.90. The zero-order valence-electron chi connectivity index (χ0n) is 24.0. The average molecular weight is 588 g/mol. The summed E-state index contributed by atoms with van der Waals surface area (Å²) in [6.07, 6.45) is 5.47. The molecule has 0 radical (unpaired) electrons. The summed E-state index contributed by atoms with van der Waals surface area (Å²) in [5.74, 6) is 7.02. The minimum absolute atomic E-state index is 0.0155. The van der Waals surface area contributed by atoms with E-state index < -0.39 is 18.1 Å². The number of anilines is 2. The molecular weight excluding hydrogens is 554 g/mol. The Morgan fingerprint density at radius 2 is 2.09 bits per heavy atom. The molecule has 4 aliphatic rings. The fourth-order valence-corrected chi connectivity index (χ4v) is 5.77. The van der Waals surface area contributed by atoms with E-state index in [2.05, 4.69) is 43.6 Å². The van der Waals surface area contributed by atoms with E-state index in [1.54, 1.807) is 17.3 Å². The maximum atomic E-state index is 12.4. The molecule has 3 atom stereocenters. The lowest BCUT2D eigenvalue weighted by Gasteiger charge is -2.53. The molecule has 3 aromatic rings. The number of carboxylic acids is 1. The first-order valence-corrected chi connectivity index (χ1v) is 14.5. The van der Waals surface area contributed by atoms with Crippen molar-refractivity contribution in [3.63, 3.8) is 0 Å². The van der Waals surface area contributed by atoms with E-state index in [9.17, 15) is 9.90 Å². The van der Waals surface area contributed by atoms with Gasteiger partial charge in [0.05, 0.1) is 45.2 Å². The summed E-state index contributed by atoms with van der Waals surface area (Å²) >= 11 is 0. The Morgan fingerprint density at radius 3 is 2.79 bits per heavy atom. The number of aromatic nitrogens is 5. The molecule has 1 aliphatic carbocycles. The quantitative estimate of drug-likeness (QED) is 0.390. The molecule has 0 amide bonds. The van der Waals surface area contributed by atoms with E-state index in [0.717, 1.165) is 24.1 Å². The van der Waals surface area contributed by atoms with Gasteiger partial charge in [0.2, 0.25) is 11.8 Å². The van der Waals surface area contributed by atoms with E-state index in [1.165, 1.54) is 7.11 Å². The molecule has 7 rings (SSSR count). The van der Waals surface area contributed by atoms with Crippen LogP contribution in [-0.4, -0.2) is 99.8 Å². The van der Waals surface area contributed by atoms with Crippen LogP contribution in [0.2, 0.25) is 0 Å². The summed E-state index contributed by atoms with van der Waals surface area (Å²) in [7, 11) is 1.46. The van der Waals surface area contributed by atoms with Crippen molar-refractivity contribution in [3.05, 3.63) is 36.2 Å². The first kappa shape index (κ1) is 27.4. The van der Waals surface area contributed by atoms with Gasteiger partial charge in [-0.25, -0.2) is 9.78 Å². The van der Waals surface area contributed by atoms with Crippen molar-refractivity contribution in [2.75, 3.05) is 49.8 Å². The van der Waals surface area contributed by atoms with E-state index in [0.29, 0.717) is 49.7 Å².